The van der Waals surface area contributed by atoms with Crippen LogP contribution >= 0.6 is 0 Å². The maximum Gasteiger partial charge on any atom is 0.245 e. The summed E-state index contributed by atoms with van der Waals surface area (Å²) < 4.78 is 0. The van der Waals surface area contributed by atoms with Crippen molar-refractivity contribution >= 4 is 24.6 Å². The molecule has 0 spiro atoms. The van der Waals surface area contributed by atoms with Gasteiger partial charge in [-0.05, 0) is 37.5 Å². The lowest BCUT2D eigenvalue weighted by Crippen LogP contribution is -2.54. The van der Waals surface area contributed by atoms with Gasteiger partial charge in [0, 0.05) is 72.0 Å². The molecular weight excluding hydrogens is 460 g/mol. The number of carbonyl (C=O) groups is 4. The summed E-state index contributed by atoms with van der Waals surface area (Å²) in [5, 5.41) is 2.84. The highest BCUT2D eigenvalue weighted by Gasteiger charge is 2.34. The van der Waals surface area contributed by atoms with Crippen LogP contribution in [-0.4, -0.2) is 134 Å². The third-order valence-corrected chi connectivity index (χ3v) is 8.72. The van der Waals surface area contributed by atoms with Crippen molar-refractivity contribution in [2.75, 3.05) is 78.5 Å². The second-order valence-corrected chi connectivity index (χ2v) is 11.0. The highest BCUT2D eigenvalue weighted by atomic mass is 16.2. The quantitative estimate of drug-likeness (QED) is 0.439. The van der Waals surface area contributed by atoms with Crippen molar-refractivity contribution in [3.05, 3.63) is 0 Å². The molecule has 3 heterocycles. The molecule has 4 amide bonds. The molecule has 0 aromatic rings. The van der Waals surface area contributed by atoms with Gasteiger partial charge >= 0.3 is 0 Å². The maximum atomic E-state index is 13.2. The number of rotatable bonds is 9. The van der Waals surface area contributed by atoms with Crippen LogP contribution in [0.2, 0.25) is 0 Å². The first-order valence-corrected chi connectivity index (χ1v) is 14.0. The summed E-state index contributed by atoms with van der Waals surface area (Å²) in [6.45, 7) is 9.33. The van der Waals surface area contributed by atoms with E-state index in [2.05, 4.69) is 15.1 Å². The van der Waals surface area contributed by atoms with Gasteiger partial charge < -0.3 is 24.9 Å². The Kier molecular flexibility index (Phi) is 9.98. The van der Waals surface area contributed by atoms with E-state index < -0.39 is 0 Å². The largest absolute Gasteiger partial charge is 0.347 e. The molecule has 0 aromatic carbocycles. The molecule has 4 aliphatic rings. The van der Waals surface area contributed by atoms with Crippen LogP contribution in [0.1, 0.15) is 44.9 Å². The number of piperidine rings is 1. The number of hydrogen-bond acceptors (Lipinski definition) is 6. The molecule has 10 heteroatoms. The van der Waals surface area contributed by atoms with E-state index in [1.807, 2.05) is 9.80 Å². The fraction of sp³-hybridized carbons (Fsp3) is 0.846. The summed E-state index contributed by atoms with van der Waals surface area (Å²) in [4.78, 5) is 58.2. The van der Waals surface area contributed by atoms with Crippen LogP contribution in [0.25, 0.3) is 0 Å². The molecule has 1 atom stereocenters. The van der Waals surface area contributed by atoms with E-state index in [4.69, 9.17) is 0 Å². The molecule has 202 valence electrons. The molecule has 10 nitrogen and oxygen atoms in total. The minimum Gasteiger partial charge on any atom is -0.347 e. The van der Waals surface area contributed by atoms with Crippen LogP contribution in [0.4, 0.5) is 0 Å². The van der Waals surface area contributed by atoms with Crippen molar-refractivity contribution in [3.8, 4) is 0 Å². The lowest BCUT2D eigenvalue weighted by Gasteiger charge is -2.40. The number of piperazine rings is 2. The Labute approximate surface area is 215 Å². The smallest absolute Gasteiger partial charge is 0.245 e. The van der Waals surface area contributed by atoms with Gasteiger partial charge in [-0.2, -0.15) is 0 Å². The number of carbonyl (C=O) groups excluding carboxylic acids is 4. The fourth-order valence-corrected chi connectivity index (χ4v) is 6.35. The molecule has 1 unspecified atom stereocenters. The van der Waals surface area contributed by atoms with Crippen molar-refractivity contribution in [2.45, 2.75) is 51.0 Å². The Hall–Kier alpha value is -2.20. The monoisotopic (exact) mass is 504 g/mol. The van der Waals surface area contributed by atoms with E-state index in [-0.39, 0.29) is 23.8 Å². The van der Waals surface area contributed by atoms with Gasteiger partial charge in [0.2, 0.25) is 24.6 Å². The summed E-state index contributed by atoms with van der Waals surface area (Å²) in [7, 11) is 0. The topological polar surface area (TPSA) is 96.5 Å². The molecular formula is C26H44N6O4. The molecule has 4 fully saturated rings. The van der Waals surface area contributed by atoms with Gasteiger partial charge in [0.25, 0.3) is 0 Å². The summed E-state index contributed by atoms with van der Waals surface area (Å²) in [5.74, 6) is 1.14. The van der Waals surface area contributed by atoms with Crippen LogP contribution in [0.15, 0.2) is 0 Å². The van der Waals surface area contributed by atoms with E-state index >= 15 is 0 Å². The molecule has 4 rings (SSSR count). The van der Waals surface area contributed by atoms with Crippen molar-refractivity contribution in [3.63, 3.8) is 0 Å². The zero-order valence-corrected chi connectivity index (χ0v) is 21.7. The second-order valence-electron chi connectivity index (χ2n) is 11.0. The van der Waals surface area contributed by atoms with E-state index in [1.54, 1.807) is 4.90 Å². The van der Waals surface area contributed by atoms with Gasteiger partial charge in [0.15, 0.2) is 0 Å². The second kappa shape index (κ2) is 13.4. The number of likely N-dealkylation sites (tertiary alicyclic amines) is 1. The van der Waals surface area contributed by atoms with Crippen molar-refractivity contribution in [2.24, 2.45) is 11.8 Å². The number of amides is 4. The average molecular weight is 505 g/mol. The predicted molar refractivity (Wildman–Crippen MR) is 136 cm³/mol. The van der Waals surface area contributed by atoms with Gasteiger partial charge in [-0.15, -0.1) is 0 Å². The molecule has 3 aliphatic heterocycles. The number of nitrogens with zero attached hydrogens (tertiary/aromatic N) is 5. The lowest BCUT2D eigenvalue weighted by atomic mass is 9.83. The van der Waals surface area contributed by atoms with E-state index in [1.165, 1.54) is 6.42 Å². The van der Waals surface area contributed by atoms with Gasteiger partial charge in [-0.1, -0.05) is 19.3 Å². The van der Waals surface area contributed by atoms with Crippen LogP contribution in [0.3, 0.4) is 0 Å². The van der Waals surface area contributed by atoms with Gasteiger partial charge in [0.05, 0.1) is 6.54 Å². The van der Waals surface area contributed by atoms with Crippen LogP contribution in [-0.2, 0) is 19.2 Å². The highest BCUT2D eigenvalue weighted by molar-refractivity contribution is 5.84. The van der Waals surface area contributed by atoms with Crippen molar-refractivity contribution in [1.82, 2.24) is 29.8 Å². The van der Waals surface area contributed by atoms with Crippen LogP contribution in [0, 0.1) is 11.8 Å². The Morgan fingerprint density at radius 2 is 1.39 bits per heavy atom. The Balaban J connectivity index is 1.14. The lowest BCUT2D eigenvalue weighted by molar-refractivity contribution is -0.138. The molecule has 36 heavy (non-hydrogen) atoms. The molecule has 3 saturated heterocycles. The van der Waals surface area contributed by atoms with Gasteiger partial charge in [-0.3, -0.25) is 24.1 Å². The Bertz CT molecular complexity index is 737. The molecule has 0 aromatic heterocycles. The summed E-state index contributed by atoms with van der Waals surface area (Å²) >= 11 is 0. The number of nitrogens with one attached hydrogen (secondary N) is 1. The third kappa shape index (κ3) is 7.18. The minimum atomic E-state index is -0.357. The normalized spacial score (nSPS) is 24.4. The third-order valence-electron chi connectivity index (χ3n) is 8.72. The van der Waals surface area contributed by atoms with Crippen LogP contribution < -0.4 is 5.32 Å². The minimum absolute atomic E-state index is 0.110. The predicted octanol–water partition coefficient (Wildman–Crippen LogP) is -0.162. The Morgan fingerprint density at radius 1 is 0.750 bits per heavy atom. The van der Waals surface area contributed by atoms with E-state index in [0.717, 1.165) is 90.7 Å². The first-order valence-electron chi connectivity index (χ1n) is 14.0. The molecule has 0 bridgehead atoms. The van der Waals surface area contributed by atoms with Crippen molar-refractivity contribution < 1.29 is 19.2 Å². The van der Waals surface area contributed by atoms with E-state index in [0.29, 0.717) is 45.1 Å². The Morgan fingerprint density at radius 3 is 2.00 bits per heavy atom. The standard InChI is InChI=1S/C26H44N6O4/c33-20-27-25(23-4-2-1-3-5-23)26(36)32-8-6-22(7-9-32)18-28-10-12-29(13-11-28)19-24(35)31-16-14-30(21-34)15-17-31/h20-23,25H,1-19H2,(H,27,33). The van der Waals surface area contributed by atoms with Gasteiger partial charge in [-0.25, -0.2) is 0 Å². The van der Waals surface area contributed by atoms with E-state index in [9.17, 15) is 19.2 Å². The molecule has 1 saturated carbocycles. The summed E-state index contributed by atoms with van der Waals surface area (Å²) in [5.41, 5.74) is 0. The number of hydrogen-bond donors (Lipinski definition) is 1. The highest BCUT2D eigenvalue weighted by Crippen LogP contribution is 2.28. The SMILES string of the molecule is O=CNC(C(=O)N1CCC(CN2CCN(CC(=O)N3CCN(C=O)CC3)CC2)CC1)C1CCCCC1. The maximum absolute atomic E-state index is 13.2. The molecule has 1 aliphatic carbocycles. The first-order chi connectivity index (χ1) is 17.6. The molecule has 0 radical (unpaired) electrons. The summed E-state index contributed by atoms with van der Waals surface area (Å²) in [6.07, 6.45) is 9.17. The average Bonchev–Trinajstić information content (AvgIpc) is 2.93. The molecule has 1 N–H and O–H groups in total. The van der Waals surface area contributed by atoms with Gasteiger partial charge in [0.1, 0.15) is 6.04 Å². The zero-order valence-electron chi connectivity index (χ0n) is 21.7. The van der Waals surface area contributed by atoms with Crippen molar-refractivity contribution in [1.29, 1.82) is 0 Å². The fourth-order valence-electron chi connectivity index (χ4n) is 6.35. The summed E-state index contributed by atoms with van der Waals surface area (Å²) in [6, 6.07) is -0.357. The van der Waals surface area contributed by atoms with Crippen LogP contribution in [0.5, 0.6) is 0 Å². The zero-order chi connectivity index (χ0) is 25.3. The first kappa shape index (κ1) is 26.9.